The average molecular weight is 240 g/mol. The van der Waals surface area contributed by atoms with Crippen molar-refractivity contribution in [3.8, 4) is 0 Å². The van der Waals surface area contributed by atoms with Crippen LogP contribution < -0.4 is 5.32 Å². The topological polar surface area (TPSA) is 29.1 Å². The molecule has 0 aromatic heterocycles. The maximum atomic E-state index is 11.5. The summed E-state index contributed by atoms with van der Waals surface area (Å²) in [6, 6.07) is 7.95. The summed E-state index contributed by atoms with van der Waals surface area (Å²) < 4.78 is 0. The molecule has 0 fully saturated rings. The number of amides is 1. The highest BCUT2D eigenvalue weighted by molar-refractivity contribution is 6.17. The van der Waals surface area contributed by atoms with Crippen LogP contribution in [0.4, 0.5) is 5.69 Å². The van der Waals surface area contributed by atoms with Crippen molar-refractivity contribution in [2.45, 2.75) is 32.6 Å². The molecule has 88 valence electrons. The van der Waals surface area contributed by atoms with Crippen molar-refractivity contribution in [3.63, 3.8) is 0 Å². The van der Waals surface area contributed by atoms with E-state index in [0.29, 0.717) is 12.3 Å². The standard InChI is InChI=1S/C13H18ClNO/c1-2-11-6-5-7-12(10-11)15-13(16)8-3-4-9-14/h5-7,10H,2-4,8-9H2,1H3,(H,15,16). The Kier molecular flexibility index (Phi) is 5.94. The minimum atomic E-state index is 0.0679. The Hall–Kier alpha value is -1.02. The summed E-state index contributed by atoms with van der Waals surface area (Å²) >= 11 is 5.55. The van der Waals surface area contributed by atoms with E-state index in [1.165, 1.54) is 5.56 Å². The Morgan fingerprint density at radius 2 is 2.19 bits per heavy atom. The van der Waals surface area contributed by atoms with Crippen LogP contribution in [-0.4, -0.2) is 11.8 Å². The highest BCUT2D eigenvalue weighted by Gasteiger charge is 2.02. The number of carbonyl (C=O) groups excluding carboxylic acids is 1. The predicted octanol–water partition coefficient (Wildman–Crippen LogP) is 3.60. The monoisotopic (exact) mass is 239 g/mol. The van der Waals surface area contributed by atoms with Crippen molar-refractivity contribution in [1.82, 2.24) is 0 Å². The molecule has 1 N–H and O–H groups in total. The Labute approximate surface area is 102 Å². The van der Waals surface area contributed by atoms with Gasteiger partial charge in [0.15, 0.2) is 0 Å². The van der Waals surface area contributed by atoms with Gasteiger partial charge in [-0.2, -0.15) is 0 Å². The summed E-state index contributed by atoms with van der Waals surface area (Å²) in [6.07, 6.45) is 3.27. The van der Waals surface area contributed by atoms with Crippen LogP contribution in [0.1, 0.15) is 31.7 Å². The number of unbranched alkanes of at least 4 members (excludes halogenated alkanes) is 1. The van der Waals surface area contributed by atoms with Gasteiger partial charge in [-0.05, 0) is 37.0 Å². The molecule has 0 spiro atoms. The fourth-order valence-corrected chi connectivity index (χ4v) is 1.66. The number of halogens is 1. The van der Waals surface area contributed by atoms with Gasteiger partial charge in [0.2, 0.25) is 5.91 Å². The van der Waals surface area contributed by atoms with Gasteiger partial charge in [0.25, 0.3) is 0 Å². The van der Waals surface area contributed by atoms with E-state index in [1.54, 1.807) is 0 Å². The van der Waals surface area contributed by atoms with Gasteiger partial charge in [-0.3, -0.25) is 4.79 Å². The van der Waals surface area contributed by atoms with Crippen LogP contribution in [0, 0.1) is 0 Å². The van der Waals surface area contributed by atoms with Crippen LogP contribution in [0.2, 0.25) is 0 Å². The lowest BCUT2D eigenvalue weighted by Crippen LogP contribution is -2.11. The van der Waals surface area contributed by atoms with Crippen molar-refractivity contribution in [3.05, 3.63) is 29.8 Å². The van der Waals surface area contributed by atoms with Gasteiger partial charge in [0, 0.05) is 18.0 Å². The lowest BCUT2D eigenvalue weighted by Gasteiger charge is -2.06. The van der Waals surface area contributed by atoms with Crippen molar-refractivity contribution < 1.29 is 4.79 Å². The number of nitrogens with one attached hydrogen (secondary N) is 1. The second kappa shape index (κ2) is 7.29. The summed E-state index contributed by atoms with van der Waals surface area (Å²) in [6.45, 7) is 2.10. The van der Waals surface area contributed by atoms with Gasteiger partial charge in [0.1, 0.15) is 0 Å². The molecule has 0 heterocycles. The number of rotatable bonds is 6. The number of hydrogen-bond donors (Lipinski definition) is 1. The van der Waals surface area contributed by atoms with E-state index in [9.17, 15) is 4.79 Å². The first-order valence-corrected chi connectivity index (χ1v) is 6.24. The molecule has 0 unspecified atom stereocenters. The minimum absolute atomic E-state index is 0.0679. The quantitative estimate of drug-likeness (QED) is 0.597. The molecule has 1 rings (SSSR count). The zero-order chi connectivity index (χ0) is 11.8. The van der Waals surface area contributed by atoms with E-state index in [0.717, 1.165) is 24.9 Å². The highest BCUT2D eigenvalue weighted by Crippen LogP contribution is 2.11. The van der Waals surface area contributed by atoms with Crippen molar-refractivity contribution in [2.75, 3.05) is 11.2 Å². The van der Waals surface area contributed by atoms with E-state index in [2.05, 4.69) is 18.3 Å². The van der Waals surface area contributed by atoms with Gasteiger partial charge < -0.3 is 5.32 Å². The summed E-state index contributed by atoms with van der Waals surface area (Å²) in [5.74, 6) is 0.692. The highest BCUT2D eigenvalue weighted by atomic mass is 35.5. The molecule has 1 aromatic carbocycles. The summed E-state index contributed by atoms with van der Waals surface area (Å²) in [5, 5.41) is 2.89. The lowest BCUT2D eigenvalue weighted by molar-refractivity contribution is -0.116. The molecule has 16 heavy (non-hydrogen) atoms. The van der Waals surface area contributed by atoms with Crippen LogP contribution in [-0.2, 0) is 11.2 Å². The van der Waals surface area contributed by atoms with E-state index in [-0.39, 0.29) is 5.91 Å². The first-order chi connectivity index (χ1) is 7.76. The normalized spacial score (nSPS) is 10.1. The fraction of sp³-hybridized carbons (Fsp3) is 0.462. The molecule has 1 amide bonds. The van der Waals surface area contributed by atoms with E-state index >= 15 is 0 Å². The van der Waals surface area contributed by atoms with Crippen molar-refractivity contribution >= 4 is 23.2 Å². The van der Waals surface area contributed by atoms with Gasteiger partial charge in [-0.1, -0.05) is 19.1 Å². The number of hydrogen-bond acceptors (Lipinski definition) is 1. The Morgan fingerprint density at radius 3 is 2.88 bits per heavy atom. The summed E-state index contributed by atoms with van der Waals surface area (Å²) in [4.78, 5) is 11.5. The smallest absolute Gasteiger partial charge is 0.224 e. The number of alkyl halides is 1. The van der Waals surface area contributed by atoms with Crippen LogP contribution in [0.25, 0.3) is 0 Å². The molecule has 0 aliphatic heterocycles. The van der Waals surface area contributed by atoms with E-state index in [1.807, 2.05) is 18.2 Å². The number of carbonyl (C=O) groups is 1. The molecule has 0 saturated heterocycles. The average Bonchev–Trinajstić information content (AvgIpc) is 2.29. The van der Waals surface area contributed by atoms with Gasteiger partial charge in [0.05, 0.1) is 0 Å². The molecule has 0 bridgehead atoms. The molecule has 0 aliphatic carbocycles. The lowest BCUT2D eigenvalue weighted by atomic mass is 10.1. The molecule has 2 nitrogen and oxygen atoms in total. The molecular formula is C13H18ClNO. The summed E-state index contributed by atoms with van der Waals surface area (Å²) in [7, 11) is 0. The van der Waals surface area contributed by atoms with Gasteiger partial charge in [-0.25, -0.2) is 0 Å². The third-order valence-electron chi connectivity index (χ3n) is 2.41. The maximum absolute atomic E-state index is 11.5. The Morgan fingerprint density at radius 1 is 1.38 bits per heavy atom. The molecule has 1 aromatic rings. The van der Waals surface area contributed by atoms with Crippen LogP contribution >= 0.6 is 11.6 Å². The maximum Gasteiger partial charge on any atom is 0.224 e. The second-order valence-corrected chi connectivity index (χ2v) is 4.13. The molecule has 0 atom stereocenters. The van der Waals surface area contributed by atoms with Crippen LogP contribution in [0.5, 0.6) is 0 Å². The molecule has 3 heteroatoms. The third-order valence-corrected chi connectivity index (χ3v) is 2.67. The zero-order valence-electron chi connectivity index (χ0n) is 9.63. The fourth-order valence-electron chi connectivity index (χ4n) is 1.47. The Balaban J connectivity index is 2.43. The molecular weight excluding hydrogens is 222 g/mol. The molecule has 0 radical (unpaired) electrons. The SMILES string of the molecule is CCc1cccc(NC(=O)CCCCCl)c1. The number of anilines is 1. The first-order valence-electron chi connectivity index (χ1n) is 5.71. The number of benzene rings is 1. The van der Waals surface area contributed by atoms with Crippen LogP contribution in [0.3, 0.4) is 0 Å². The minimum Gasteiger partial charge on any atom is -0.326 e. The number of aryl methyl sites for hydroxylation is 1. The zero-order valence-corrected chi connectivity index (χ0v) is 10.4. The molecule has 0 saturated carbocycles. The van der Waals surface area contributed by atoms with E-state index < -0.39 is 0 Å². The third kappa shape index (κ3) is 4.67. The van der Waals surface area contributed by atoms with Gasteiger partial charge >= 0.3 is 0 Å². The van der Waals surface area contributed by atoms with E-state index in [4.69, 9.17) is 11.6 Å². The van der Waals surface area contributed by atoms with Gasteiger partial charge in [-0.15, -0.1) is 11.6 Å². The predicted molar refractivity (Wildman–Crippen MR) is 69.0 cm³/mol. The largest absolute Gasteiger partial charge is 0.326 e. The summed E-state index contributed by atoms with van der Waals surface area (Å²) in [5.41, 5.74) is 2.12. The Bertz CT molecular complexity index is 338. The molecule has 0 aliphatic rings. The van der Waals surface area contributed by atoms with Crippen molar-refractivity contribution in [2.24, 2.45) is 0 Å². The van der Waals surface area contributed by atoms with Crippen LogP contribution in [0.15, 0.2) is 24.3 Å². The van der Waals surface area contributed by atoms with Crippen molar-refractivity contribution in [1.29, 1.82) is 0 Å². The first kappa shape index (κ1) is 13.0. The second-order valence-electron chi connectivity index (χ2n) is 3.75.